The first-order valence-electron chi connectivity index (χ1n) is 8.23. The number of carbonyl (C=O) groups is 2. The molecular formula is C15H24N4O6S. The topological polar surface area (TPSA) is 120 Å². The molecule has 1 aromatic heterocycles. The second-order valence-corrected chi connectivity index (χ2v) is 7.78. The van der Waals surface area contributed by atoms with Crippen molar-refractivity contribution >= 4 is 21.9 Å². The summed E-state index contributed by atoms with van der Waals surface area (Å²) in [6.45, 7) is 4.42. The Morgan fingerprint density at radius 2 is 2.19 bits per heavy atom. The molecule has 1 unspecified atom stereocenters. The molecule has 26 heavy (non-hydrogen) atoms. The van der Waals surface area contributed by atoms with Gasteiger partial charge < -0.3 is 18.9 Å². The highest BCUT2D eigenvalue weighted by Crippen LogP contribution is 2.07. The second-order valence-electron chi connectivity index (χ2n) is 6.07. The normalized spacial score (nSPS) is 18.0. The van der Waals surface area contributed by atoms with Gasteiger partial charge in [0.05, 0.1) is 19.1 Å². The van der Waals surface area contributed by atoms with Gasteiger partial charge in [-0.2, -0.15) is 0 Å². The highest BCUT2D eigenvalue weighted by Gasteiger charge is 2.22. The predicted octanol–water partition coefficient (Wildman–Crippen LogP) is -0.813. The lowest BCUT2D eigenvalue weighted by Crippen LogP contribution is -2.46. The number of imidazole rings is 1. The molecule has 1 amide bonds. The number of aryl methyl sites for hydroxylation is 2. The zero-order valence-electron chi connectivity index (χ0n) is 15.1. The molecule has 0 spiro atoms. The average molecular weight is 388 g/mol. The lowest BCUT2D eigenvalue weighted by Gasteiger charge is -2.30. The fourth-order valence-corrected chi connectivity index (χ4v) is 3.44. The molecule has 1 atom stereocenters. The summed E-state index contributed by atoms with van der Waals surface area (Å²) in [5.41, 5.74) is 0. The monoisotopic (exact) mass is 388 g/mol. The first kappa shape index (κ1) is 20.3. The zero-order chi connectivity index (χ0) is 19.3. The Morgan fingerprint density at radius 3 is 2.81 bits per heavy atom. The summed E-state index contributed by atoms with van der Waals surface area (Å²) >= 11 is 0. The van der Waals surface area contributed by atoms with Crippen LogP contribution >= 0.6 is 0 Å². The molecule has 1 aromatic rings. The quantitative estimate of drug-likeness (QED) is 0.607. The van der Waals surface area contributed by atoms with Crippen LogP contribution < -0.4 is 4.72 Å². The summed E-state index contributed by atoms with van der Waals surface area (Å²) in [6, 6.07) is 0. The predicted molar refractivity (Wildman–Crippen MR) is 90.7 cm³/mol. The number of esters is 1. The van der Waals surface area contributed by atoms with E-state index in [1.165, 1.54) is 6.20 Å². The van der Waals surface area contributed by atoms with Crippen LogP contribution in [0.1, 0.15) is 19.2 Å². The maximum Gasteiger partial charge on any atom is 0.307 e. The average Bonchev–Trinajstić information content (AvgIpc) is 2.92. The molecule has 0 radical (unpaired) electrons. The van der Waals surface area contributed by atoms with Crippen LogP contribution in [0.2, 0.25) is 0 Å². The number of hydrogen-bond acceptors (Lipinski definition) is 7. The second kappa shape index (κ2) is 8.60. The fraction of sp³-hybridized carbons (Fsp3) is 0.667. The minimum absolute atomic E-state index is 0.0481. The van der Waals surface area contributed by atoms with Crippen molar-refractivity contribution in [3.63, 3.8) is 0 Å². The lowest BCUT2D eigenvalue weighted by atomic mass is 10.3. The van der Waals surface area contributed by atoms with Crippen molar-refractivity contribution in [2.75, 3.05) is 32.8 Å². The molecular weight excluding hydrogens is 364 g/mol. The smallest absolute Gasteiger partial charge is 0.307 e. The molecule has 2 rings (SSSR count). The Labute approximate surface area is 152 Å². The molecule has 1 fully saturated rings. The molecule has 1 N–H and O–H groups in total. The summed E-state index contributed by atoms with van der Waals surface area (Å²) in [5.74, 6) is -0.390. The van der Waals surface area contributed by atoms with Crippen LogP contribution in [0.3, 0.4) is 0 Å². The summed E-state index contributed by atoms with van der Waals surface area (Å²) < 4.78 is 38.3. The summed E-state index contributed by atoms with van der Waals surface area (Å²) in [6.07, 6.45) is 1.16. The summed E-state index contributed by atoms with van der Waals surface area (Å²) in [4.78, 5) is 29.2. The SMILES string of the molecule is Cc1nc(S(=O)(=O)NCCC(=O)OCC(=O)N2CCOC(C)C2)cn1C. The molecule has 1 saturated heterocycles. The van der Waals surface area contributed by atoms with Gasteiger partial charge in [0.1, 0.15) is 5.82 Å². The number of hydrogen-bond donors (Lipinski definition) is 1. The van der Waals surface area contributed by atoms with E-state index >= 15 is 0 Å². The fourth-order valence-electron chi connectivity index (χ4n) is 2.37. The number of amides is 1. The maximum absolute atomic E-state index is 12.1. The molecule has 146 valence electrons. The highest BCUT2D eigenvalue weighted by atomic mass is 32.2. The molecule has 0 aromatic carbocycles. The third kappa shape index (κ3) is 5.51. The van der Waals surface area contributed by atoms with Gasteiger partial charge >= 0.3 is 5.97 Å². The van der Waals surface area contributed by atoms with Crippen molar-refractivity contribution in [1.29, 1.82) is 0 Å². The Balaban J connectivity index is 1.72. The summed E-state index contributed by atoms with van der Waals surface area (Å²) in [7, 11) is -2.11. The summed E-state index contributed by atoms with van der Waals surface area (Å²) in [5, 5.41) is -0.109. The number of ether oxygens (including phenoxy) is 2. The van der Waals surface area contributed by atoms with Gasteiger partial charge in [0.15, 0.2) is 11.6 Å². The van der Waals surface area contributed by atoms with E-state index in [4.69, 9.17) is 9.47 Å². The highest BCUT2D eigenvalue weighted by molar-refractivity contribution is 7.89. The van der Waals surface area contributed by atoms with Crippen molar-refractivity contribution in [2.45, 2.75) is 31.4 Å². The van der Waals surface area contributed by atoms with Crippen LogP contribution in [0.4, 0.5) is 0 Å². The van der Waals surface area contributed by atoms with Crippen molar-refractivity contribution in [3.8, 4) is 0 Å². The van der Waals surface area contributed by atoms with Crippen LogP contribution in [0.25, 0.3) is 0 Å². The van der Waals surface area contributed by atoms with E-state index in [9.17, 15) is 18.0 Å². The van der Waals surface area contributed by atoms with Gasteiger partial charge in [-0.15, -0.1) is 0 Å². The van der Waals surface area contributed by atoms with E-state index in [1.807, 2.05) is 6.92 Å². The Morgan fingerprint density at radius 1 is 1.46 bits per heavy atom. The maximum atomic E-state index is 12.1. The number of sulfonamides is 1. The van der Waals surface area contributed by atoms with Crippen molar-refractivity contribution in [2.24, 2.45) is 7.05 Å². The molecule has 0 bridgehead atoms. The Kier molecular flexibility index (Phi) is 6.73. The first-order valence-corrected chi connectivity index (χ1v) is 9.72. The standard InChI is InChI=1S/C15H24N4O6S/c1-11-8-19(6-7-24-11)14(20)10-25-15(21)4-5-16-26(22,23)13-9-18(3)12(2)17-13/h9,11,16H,4-8,10H2,1-3H3. The number of morpholine rings is 1. The van der Waals surface area contributed by atoms with Gasteiger partial charge in [0, 0.05) is 32.9 Å². The van der Waals surface area contributed by atoms with Crippen molar-refractivity contribution in [1.82, 2.24) is 19.2 Å². The van der Waals surface area contributed by atoms with Crippen LogP contribution in [0.5, 0.6) is 0 Å². The minimum Gasteiger partial charge on any atom is -0.456 e. The van der Waals surface area contributed by atoms with E-state index in [0.29, 0.717) is 25.5 Å². The number of nitrogens with one attached hydrogen (secondary N) is 1. The molecule has 1 aliphatic heterocycles. The van der Waals surface area contributed by atoms with Crippen molar-refractivity contribution in [3.05, 3.63) is 12.0 Å². The third-order valence-corrected chi connectivity index (χ3v) is 5.26. The van der Waals surface area contributed by atoms with Gasteiger partial charge in [-0.25, -0.2) is 18.1 Å². The van der Waals surface area contributed by atoms with Crippen LogP contribution in [0, 0.1) is 6.92 Å². The van der Waals surface area contributed by atoms with Gasteiger partial charge in [-0.3, -0.25) is 9.59 Å². The molecule has 10 nitrogen and oxygen atoms in total. The van der Waals surface area contributed by atoms with Gasteiger partial charge in [0.25, 0.3) is 15.9 Å². The van der Waals surface area contributed by atoms with Crippen LogP contribution in [-0.4, -0.2) is 73.7 Å². The number of rotatable bonds is 7. The van der Waals surface area contributed by atoms with E-state index < -0.39 is 16.0 Å². The number of carbonyl (C=O) groups excluding carboxylic acids is 2. The molecule has 1 aliphatic rings. The molecule has 2 heterocycles. The van der Waals surface area contributed by atoms with E-state index in [2.05, 4.69) is 9.71 Å². The number of aromatic nitrogens is 2. The van der Waals surface area contributed by atoms with Crippen LogP contribution in [-0.2, 0) is 36.1 Å². The number of nitrogens with zero attached hydrogens (tertiary/aromatic N) is 3. The minimum atomic E-state index is -3.79. The third-order valence-electron chi connectivity index (χ3n) is 3.93. The van der Waals surface area contributed by atoms with Crippen LogP contribution in [0.15, 0.2) is 11.2 Å². The molecule has 0 aliphatic carbocycles. The van der Waals surface area contributed by atoms with Gasteiger partial charge in [-0.1, -0.05) is 0 Å². The van der Waals surface area contributed by atoms with E-state index in [1.54, 1.807) is 23.4 Å². The Bertz CT molecular complexity index is 741. The van der Waals surface area contributed by atoms with Gasteiger partial charge in [0.2, 0.25) is 0 Å². The Hall–Kier alpha value is -1.98. The van der Waals surface area contributed by atoms with E-state index in [-0.39, 0.29) is 36.6 Å². The first-order chi connectivity index (χ1) is 12.2. The largest absolute Gasteiger partial charge is 0.456 e. The molecule has 11 heteroatoms. The van der Waals surface area contributed by atoms with Crippen molar-refractivity contribution < 1.29 is 27.5 Å². The zero-order valence-corrected chi connectivity index (χ0v) is 15.9. The van der Waals surface area contributed by atoms with E-state index in [0.717, 1.165) is 0 Å². The lowest BCUT2D eigenvalue weighted by molar-refractivity contribution is -0.154. The molecule has 0 saturated carbocycles. The van der Waals surface area contributed by atoms with Gasteiger partial charge in [-0.05, 0) is 13.8 Å².